The van der Waals surface area contributed by atoms with Crippen LogP contribution in [0.25, 0.3) is 11.0 Å². The van der Waals surface area contributed by atoms with E-state index in [2.05, 4.69) is 5.32 Å². The zero-order valence-electron chi connectivity index (χ0n) is 15.8. The van der Waals surface area contributed by atoms with Gasteiger partial charge in [-0.05, 0) is 64.8 Å². The van der Waals surface area contributed by atoms with Crippen LogP contribution >= 0.6 is 0 Å². The molecule has 7 nitrogen and oxygen atoms in total. The smallest absolute Gasteiger partial charge is 0.408 e. The van der Waals surface area contributed by atoms with Gasteiger partial charge in [0.2, 0.25) is 0 Å². The maximum atomic E-state index is 12.1. The second-order valence-corrected chi connectivity index (χ2v) is 7.11. The molecule has 0 atom stereocenters. The molecule has 1 aromatic carbocycles. The Kier molecular flexibility index (Phi) is 5.39. The van der Waals surface area contributed by atoms with Crippen molar-refractivity contribution in [2.45, 2.75) is 47.1 Å². The van der Waals surface area contributed by atoms with E-state index in [4.69, 9.17) is 13.9 Å². The highest BCUT2D eigenvalue weighted by atomic mass is 16.6. The average molecular weight is 361 g/mol. The molecule has 2 rings (SSSR count). The summed E-state index contributed by atoms with van der Waals surface area (Å²) in [6, 6.07) is 3.39. The number of rotatable bonds is 3. The van der Waals surface area contributed by atoms with Crippen LogP contribution in [0.5, 0.6) is 5.75 Å². The van der Waals surface area contributed by atoms with Crippen LogP contribution in [0, 0.1) is 20.8 Å². The molecule has 0 aliphatic heterocycles. The average Bonchev–Trinajstić information content (AvgIpc) is 2.48. The third kappa shape index (κ3) is 4.62. The number of hydrogen-bond acceptors (Lipinski definition) is 6. The molecular formula is C19H23NO6. The van der Waals surface area contributed by atoms with Gasteiger partial charge >= 0.3 is 17.7 Å². The standard InChI is InChI=1S/C19H23NO6/c1-10-7-13(16-11(2)12(3)17(22)25-14(16)8-10)24-15(21)9-20-18(23)26-19(4,5)6/h7-8H,9H2,1-6H3,(H,20,23). The first kappa shape index (κ1) is 19.5. The zero-order chi connectivity index (χ0) is 19.6. The Balaban J connectivity index is 2.23. The van der Waals surface area contributed by atoms with Gasteiger partial charge in [0.15, 0.2) is 0 Å². The van der Waals surface area contributed by atoms with Crippen molar-refractivity contribution in [3.05, 3.63) is 39.2 Å². The molecule has 140 valence electrons. The highest BCUT2D eigenvalue weighted by Gasteiger charge is 2.19. The first-order valence-electron chi connectivity index (χ1n) is 8.20. The molecule has 0 unspecified atom stereocenters. The van der Waals surface area contributed by atoms with E-state index in [1.807, 2.05) is 0 Å². The number of ether oxygens (including phenoxy) is 2. The maximum absolute atomic E-state index is 12.1. The Bertz CT molecular complexity index is 920. The fourth-order valence-electron chi connectivity index (χ4n) is 2.39. The van der Waals surface area contributed by atoms with E-state index in [1.54, 1.807) is 53.7 Å². The number of esters is 1. The van der Waals surface area contributed by atoms with Crippen LogP contribution in [-0.4, -0.2) is 24.2 Å². The molecule has 0 aliphatic carbocycles. The predicted molar refractivity (Wildman–Crippen MR) is 96.6 cm³/mol. The molecule has 0 saturated carbocycles. The van der Waals surface area contributed by atoms with Gasteiger partial charge in [-0.1, -0.05) is 0 Å². The van der Waals surface area contributed by atoms with E-state index in [9.17, 15) is 14.4 Å². The number of aryl methyl sites for hydroxylation is 2. The third-order valence-electron chi connectivity index (χ3n) is 3.66. The van der Waals surface area contributed by atoms with Crippen molar-refractivity contribution in [2.24, 2.45) is 0 Å². The molecule has 1 heterocycles. The van der Waals surface area contributed by atoms with Crippen molar-refractivity contribution in [2.75, 3.05) is 6.54 Å². The molecule has 0 bridgehead atoms. The van der Waals surface area contributed by atoms with Gasteiger partial charge in [0.05, 0.1) is 5.39 Å². The minimum Gasteiger partial charge on any atom is -0.444 e. The van der Waals surface area contributed by atoms with Crippen molar-refractivity contribution in [3.63, 3.8) is 0 Å². The minimum absolute atomic E-state index is 0.278. The highest BCUT2D eigenvalue weighted by molar-refractivity contribution is 5.91. The molecular weight excluding hydrogens is 338 g/mol. The van der Waals surface area contributed by atoms with E-state index >= 15 is 0 Å². The summed E-state index contributed by atoms with van der Waals surface area (Å²) in [6.07, 6.45) is -0.707. The van der Waals surface area contributed by atoms with Crippen LogP contribution in [0.4, 0.5) is 4.79 Å². The summed E-state index contributed by atoms with van der Waals surface area (Å²) in [5.41, 5.74) is 1.16. The van der Waals surface area contributed by atoms with Crippen LogP contribution in [-0.2, 0) is 9.53 Å². The van der Waals surface area contributed by atoms with E-state index in [0.29, 0.717) is 22.1 Å². The maximum Gasteiger partial charge on any atom is 0.408 e. The lowest BCUT2D eigenvalue weighted by Crippen LogP contribution is -2.36. The summed E-state index contributed by atoms with van der Waals surface area (Å²) < 4.78 is 15.8. The van der Waals surface area contributed by atoms with Crippen LogP contribution in [0.3, 0.4) is 0 Å². The highest BCUT2D eigenvalue weighted by Crippen LogP contribution is 2.30. The summed E-state index contributed by atoms with van der Waals surface area (Å²) in [4.78, 5) is 35.6. The van der Waals surface area contributed by atoms with Gasteiger partial charge in [0.1, 0.15) is 23.5 Å². The van der Waals surface area contributed by atoms with Gasteiger partial charge < -0.3 is 19.2 Å². The summed E-state index contributed by atoms with van der Waals surface area (Å²) >= 11 is 0. The molecule has 7 heteroatoms. The van der Waals surface area contributed by atoms with E-state index in [-0.39, 0.29) is 12.3 Å². The second kappa shape index (κ2) is 7.19. The number of alkyl carbamates (subject to hydrolysis) is 1. The Morgan fingerprint density at radius 3 is 2.38 bits per heavy atom. The Morgan fingerprint density at radius 1 is 1.12 bits per heavy atom. The topological polar surface area (TPSA) is 94.8 Å². The number of carbonyl (C=O) groups excluding carboxylic acids is 2. The molecule has 1 N–H and O–H groups in total. The van der Waals surface area contributed by atoms with Crippen LogP contribution in [0.15, 0.2) is 21.3 Å². The van der Waals surface area contributed by atoms with Gasteiger partial charge in [0, 0.05) is 5.56 Å². The first-order valence-corrected chi connectivity index (χ1v) is 8.20. The van der Waals surface area contributed by atoms with Gasteiger partial charge in [-0.15, -0.1) is 0 Å². The van der Waals surface area contributed by atoms with E-state index in [0.717, 1.165) is 5.56 Å². The van der Waals surface area contributed by atoms with Crippen molar-refractivity contribution in [1.29, 1.82) is 0 Å². The quantitative estimate of drug-likeness (QED) is 0.513. The summed E-state index contributed by atoms with van der Waals surface area (Å²) in [6.45, 7) is 10.0. The first-order chi connectivity index (χ1) is 12.0. The van der Waals surface area contributed by atoms with Gasteiger partial charge in [-0.3, -0.25) is 0 Å². The molecule has 0 aliphatic rings. The number of nitrogens with one attached hydrogen (secondary N) is 1. The fourth-order valence-corrected chi connectivity index (χ4v) is 2.39. The summed E-state index contributed by atoms with van der Waals surface area (Å²) in [5.74, 6) is -0.383. The fraction of sp³-hybridized carbons (Fsp3) is 0.421. The minimum atomic E-state index is -0.707. The molecule has 2 aromatic rings. The normalized spacial score (nSPS) is 11.3. The lowest BCUT2D eigenvalue weighted by atomic mass is 10.0. The van der Waals surface area contributed by atoms with Gasteiger partial charge in [0.25, 0.3) is 0 Å². The van der Waals surface area contributed by atoms with Gasteiger partial charge in [-0.2, -0.15) is 0 Å². The third-order valence-corrected chi connectivity index (χ3v) is 3.66. The monoisotopic (exact) mass is 361 g/mol. The molecule has 0 radical (unpaired) electrons. The van der Waals surface area contributed by atoms with Crippen molar-refractivity contribution in [1.82, 2.24) is 5.32 Å². The number of fused-ring (bicyclic) bond motifs is 1. The number of hydrogen-bond donors (Lipinski definition) is 1. The van der Waals surface area contributed by atoms with Crippen LogP contribution in [0.1, 0.15) is 37.5 Å². The summed E-state index contributed by atoms with van der Waals surface area (Å²) in [5, 5.41) is 2.90. The number of carbonyl (C=O) groups is 2. The number of benzene rings is 1. The molecule has 0 saturated heterocycles. The van der Waals surface area contributed by atoms with E-state index < -0.39 is 23.3 Å². The largest absolute Gasteiger partial charge is 0.444 e. The molecule has 0 fully saturated rings. The zero-order valence-corrected chi connectivity index (χ0v) is 15.8. The lowest BCUT2D eigenvalue weighted by molar-refractivity contribution is -0.133. The van der Waals surface area contributed by atoms with Crippen LogP contribution < -0.4 is 15.7 Å². The second-order valence-electron chi connectivity index (χ2n) is 7.11. The molecule has 1 amide bonds. The van der Waals surface area contributed by atoms with Crippen molar-refractivity contribution >= 4 is 23.0 Å². The molecule has 26 heavy (non-hydrogen) atoms. The van der Waals surface area contributed by atoms with Crippen molar-refractivity contribution < 1.29 is 23.5 Å². The Hall–Kier alpha value is -2.83. The molecule has 0 spiro atoms. The van der Waals surface area contributed by atoms with Crippen molar-refractivity contribution in [3.8, 4) is 5.75 Å². The van der Waals surface area contributed by atoms with Crippen LogP contribution in [0.2, 0.25) is 0 Å². The summed E-state index contributed by atoms with van der Waals surface area (Å²) in [7, 11) is 0. The van der Waals surface area contributed by atoms with Gasteiger partial charge in [-0.25, -0.2) is 14.4 Å². The SMILES string of the molecule is Cc1cc(OC(=O)CNC(=O)OC(C)(C)C)c2c(C)c(C)c(=O)oc2c1. The number of amides is 1. The molecule has 1 aromatic heterocycles. The Morgan fingerprint density at radius 2 is 1.77 bits per heavy atom. The van der Waals surface area contributed by atoms with E-state index in [1.165, 1.54) is 0 Å². The predicted octanol–water partition coefficient (Wildman–Crippen LogP) is 3.15. The lowest BCUT2D eigenvalue weighted by Gasteiger charge is -2.19. The Labute approximate surface area is 151 Å².